The zero-order valence-electron chi connectivity index (χ0n) is 15.5. The van der Waals surface area contributed by atoms with Crippen LogP contribution in [0.3, 0.4) is 0 Å². The number of benzene rings is 1. The van der Waals surface area contributed by atoms with Gasteiger partial charge in [-0.05, 0) is 24.6 Å². The molecule has 0 atom stereocenters. The third-order valence-corrected chi connectivity index (χ3v) is 4.62. The van der Waals surface area contributed by atoms with Crippen LogP contribution in [0.15, 0.2) is 29.2 Å². The zero-order chi connectivity index (χ0) is 19.1. The average molecular weight is 365 g/mol. The van der Waals surface area contributed by atoms with E-state index in [1.165, 1.54) is 7.11 Å². The molecule has 0 radical (unpaired) electrons. The van der Waals surface area contributed by atoms with Gasteiger partial charge in [-0.25, -0.2) is 15.0 Å². The van der Waals surface area contributed by atoms with E-state index in [0.29, 0.717) is 34.6 Å². The number of pyridine rings is 1. The molecule has 0 unspecified atom stereocenters. The molecule has 8 heteroatoms. The summed E-state index contributed by atoms with van der Waals surface area (Å²) in [4.78, 5) is 28.9. The summed E-state index contributed by atoms with van der Waals surface area (Å²) in [6.07, 6.45) is 2.22. The van der Waals surface area contributed by atoms with Crippen LogP contribution in [0.5, 0.6) is 11.5 Å². The first-order valence-electron chi connectivity index (χ1n) is 8.43. The normalized spacial score (nSPS) is 11.3. The van der Waals surface area contributed by atoms with Crippen LogP contribution in [0, 0.1) is 6.92 Å². The molecule has 0 saturated heterocycles. The first-order valence-corrected chi connectivity index (χ1v) is 8.43. The Morgan fingerprint density at radius 3 is 2.56 bits per heavy atom. The molecule has 8 nitrogen and oxygen atoms in total. The average Bonchev–Trinajstić information content (AvgIpc) is 2.94. The number of H-pyrrole nitrogens is 1. The van der Waals surface area contributed by atoms with Crippen molar-refractivity contribution >= 4 is 22.1 Å². The Balaban J connectivity index is 1.76. The predicted molar refractivity (Wildman–Crippen MR) is 102 cm³/mol. The van der Waals surface area contributed by atoms with Gasteiger partial charge in [0.25, 0.3) is 5.56 Å². The fraction of sp³-hybridized carbons (Fsp3) is 0.263. The topological polar surface area (TPSA) is 94.9 Å². The number of aryl methyl sites for hydroxylation is 2. The van der Waals surface area contributed by atoms with Crippen molar-refractivity contribution in [2.45, 2.75) is 13.3 Å². The second kappa shape index (κ2) is 6.39. The number of hydrogen-bond donors (Lipinski definition) is 1. The van der Waals surface area contributed by atoms with E-state index >= 15 is 0 Å². The van der Waals surface area contributed by atoms with Crippen molar-refractivity contribution < 1.29 is 9.47 Å². The molecule has 0 aliphatic carbocycles. The lowest BCUT2D eigenvalue weighted by Gasteiger charge is -2.09. The maximum absolute atomic E-state index is 12.5. The number of aromatic amines is 1. The highest BCUT2D eigenvalue weighted by Crippen LogP contribution is 2.30. The van der Waals surface area contributed by atoms with Gasteiger partial charge in [-0.2, -0.15) is 0 Å². The number of aromatic nitrogens is 5. The molecule has 0 aliphatic heterocycles. The fourth-order valence-electron chi connectivity index (χ4n) is 3.12. The maximum Gasteiger partial charge on any atom is 0.258 e. The van der Waals surface area contributed by atoms with Gasteiger partial charge < -0.3 is 19.0 Å². The van der Waals surface area contributed by atoms with Crippen LogP contribution in [0.25, 0.3) is 22.1 Å². The summed E-state index contributed by atoms with van der Waals surface area (Å²) >= 11 is 0. The van der Waals surface area contributed by atoms with Gasteiger partial charge in [-0.15, -0.1) is 0 Å². The Bertz CT molecular complexity index is 1230. The highest BCUT2D eigenvalue weighted by Gasteiger charge is 2.12. The molecule has 0 bridgehead atoms. The summed E-state index contributed by atoms with van der Waals surface area (Å²) in [5.41, 5.74) is 2.89. The van der Waals surface area contributed by atoms with Crippen molar-refractivity contribution in [1.29, 1.82) is 0 Å². The van der Waals surface area contributed by atoms with Gasteiger partial charge >= 0.3 is 0 Å². The van der Waals surface area contributed by atoms with E-state index in [9.17, 15) is 4.79 Å². The standard InChI is InChI=1S/C19H19N5O3/c1-10-21-14-5-11(9-20-18(14)24(10)2)6-17-22-13-8-16(27-4)15(26-3)7-12(13)19(25)23-17/h5,7-9H,6H2,1-4H3,(H,22,23,25). The summed E-state index contributed by atoms with van der Waals surface area (Å²) < 4.78 is 12.5. The molecule has 138 valence electrons. The number of imidazole rings is 1. The second-order valence-corrected chi connectivity index (χ2v) is 6.32. The lowest BCUT2D eigenvalue weighted by molar-refractivity contribution is 0.355. The lowest BCUT2D eigenvalue weighted by Crippen LogP contribution is -2.12. The summed E-state index contributed by atoms with van der Waals surface area (Å²) in [7, 11) is 5.01. The second-order valence-electron chi connectivity index (χ2n) is 6.32. The summed E-state index contributed by atoms with van der Waals surface area (Å²) in [5, 5.41) is 0.449. The van der Waals surface area contributed by atoms with E-state index in [2.05, 4.69) is 19.9 Å². The third-order valence-electron chi connectivity index (χ3n) is 4.62. The van der Waals surface area contributed by atoms with Crippen molar-refractivity contribution in [3.8, 4) is 11.5 Å². The minimum absolute atomic E-state index is 0.223. The van der Waals surface area contributed by atoms with Crippen molar-refractivity contribution in [3.63, 3.8) is 0 Å². The summed E-state index contributed by atoms with van der Waals surface area (Å²) in [6.45, 7) is 1.94. The Kier molecular flexibility index (Phi) is 4.02. The van der Waals surface area contributed by atoms with E-state index < -0.39 is 0 Å². The molecule has 0 saturated carbocycles. The highest BCUT2D eigenvalue weighted by molar-refractivity contribution is 5.82. The number of hydrogen-bond acceptors (Lipinski definition) is 6. The van der Waals surface area contributed by atoms with Gasteiger partial charge in [0.1, 0.15) is 17.2 Å². The Labute approximate surface area is 154 Å². The van der Waals surface area contributed by atoms with Gasteiger partial charge in [-0.1, -0.05) is 0 Å². The minimum atomic E-state index is -0.223. The molecule has 27 heavy (non-hydrogen) atoms. The van der Waals surface area contributed by atoms with Crippen LogP contribution in [-0.2, 0) is 13.5 Å². The third kappa shape index (κ3) is 2.88. The van der Waals surface area contributed by atoms with Crippen molar-refractivity contribution in [1.82, 2.24) is 24.5 Å². The van der Waals surface area contributed by atoms with Crippen molar-refractivity contribution in [3.05, 3.63) is 52.0 Å². The van der Waals surface area contributed by atoms with Gasteiger partial charge in [0.05, 0.1) is 25.1 Å². The highest BCUT2D eigenvalue weighted by atomic mass is 16.5. The fourth-order valence-corrected chi connectivity index (χ4v) is 3.12. The smallest absolute Gasteiger partial charge is 0.258 e. The molecular weight excluding hydrogens is 346 g/mol. The van der Waals surface area contributed by atoms with Crippen LogP contribution in [0.4, 0.5) is 0 Å². The molecule has 0 spiro atoms. The summed E-state index contributed by atoms with van der Waals surface area (Å²) in [6, 6.07) is 5.30. The van der Waals surface area contributed by atoms with E-state index in [4.69, 9.17) is 9.47 Å². The van der Waals surface area contributed by atoms with E-state index in [1.54, 1.807) is 25.4 Å². The maximum atomic E-state index is 12.5. The number of nitrogens with zero attached hydrogens (tertiary/aromatic N) is 4. The molecule has 1 N–H and O–H groups in total. The van der Waals surface area contributed by atoms with E-state index in [-0.39, 0.29) is 5.56 Å². The van der Waals surface area contributed by atoms with Gasteiger partial charge in [0.2, 0.25) is 0 Å². The molecule has 0 amide bonds. The number of nitrogens with one attached hydrogen (secondary N) is 1. The van der Waals surface area contributed by atoms with Crippen LogP contribution in [0.2, 0.25) is 0 Å². The van der Waals surface area contributed by atoms with Gasteiger partial charge in [0, 0.05) is 25.7 Å². The largest absolute Gasteiger partial charge is 0.493 e. The van der Waals surface area contributed by atoms with Crippen molar-refractivity contribution in [2.24, 2.45) is 7.05 Å². The number of rotatable bonds is 4. The van der Waals surface area contributed by atoms with E-state index in [1.807, 2.05) is 24.6 Å². The quantitative estimate of drug-likeness (QED) is 0.595. The van der Waals surface area contributed by atoms with Crippen molar-refractivity contribution in [2.75, 3.05) is 14.2 Å². The Hall–Kier alpha value is -3.42. The van der Waals surface area contributed by atoms with E-state index in [0.717, 1.165) is 22.6 Å². The van der Waals surface area contributed by atoms with Crippen LogP contribution in [0.1, 0.15) is 17.2 Å². The molecule has 0 fully saturated rings. The zero-order valence-corrected chi connectivity index (χ0v) is 15.5. The summed E-state index contributed by atoms with van der Waals surface area (Å²) in [5.74, 6) is 2.47. The van der Waals surface area contributed by atoms with Crippen LogP contribution < -0.4 is 15.0 Å². The predicted octanol–water partition coefficient (Wildman–Crippen LogP) is 2.12. The number of fused-ring (bicyclic) bond motifs is 2. The van der Waals surface area contributed by atoms with Gasteiger partial charge in [-0.3, -0.25) is 4.79 Å². The SMILES string of the molecule is COc1cc2nc(Cc3cnc4c(c3)nc(C)n4C)[nH]c(=O)c2cc1OC. The Morgan fingerprint density at radius 1 is 1.07 bits per heavy atom. The number of ether oxygens (including phenoxy) is 2. The van der Waals surface area contributed by atoms with Crippen LogP contribution >= 0.6 is 0 Å². The molecule has 1 aromatic carbocycles. The molecular formula is C19H19N5O3. The molecule has 4 rings (SSSR count). The monoisotopic (exact) mass is 365 g/mol. The molecule has 0 aliphatic rings. The molecule has 4 aromatic rings. The van der Waals surface area contributed by atoms with Gasteiger partial charge in [0.15, 0.2) is 17.1 Å². The number of methoxy groups -OCH3 is 2. The Morgan fingerprint density at radius 2 is 1.81 bits per heavy atom. The minimum Gasteiger partial charge on any atom is -0.493 e. The lowest BCUT2D eigenvalue weighted by atomic mass is 10.1. The molecule has 3 heterocycles. The van der Waals surface area contributed by atoms with Crippen LogP contribution in [-0.4, -0.2) is 38.7 Å². The first-order chi connectivity index (χ1) is 13.0. The first kappa shape index (κ1) is 17.0. The molecule has 3 aromatic heterocycles.